The number of carbonyl (C=O) groups is 1. The third-order valence-electron chi connectivity index (χ3n) is 3.06. The third kappa shape index (κ3) is 3.80. The first-order valence-electron chi connectivity index (χ1n) is 6.70. The molecule has 1 fully saturated rings. The second-order valence-corrected chi connectivity index (χ2v) is 5.04. The van der Waals surface area contributed by atoms with Crippen LogP contribution in [0.15, 0.2) is 6.07 Å². The van der Waals surface area contributed by atoms with Gasteiger partial charge in [-0.3, -0.25) is 4.79 Å². The molecule has 0 spiro atoms. The molecular formula is C13H19ClN4O. The predicted octanol–water partition coefficient (Wildman–Crippen LogP) is 1.97. The van der Waals surface area contributed by atoms with Gasteiger partial charge in [-0.15, -0.1) is 0 Å². The lowest BCUT2D eigenvalue weighted by molar-refractivity contribution is -0.119. The molecule has 0 radical (unpaired) electrons. The van der Waals surface area contributed by atoms with Crippen molar-refractivity contribution in [2.75, 3.05) is 24.5 Å². The maximum absolute atomic E-state index is 11.7. The van der Waals surface area contributed by atoms with E-state index in [2.05, 4.69) is 15.3 Å². The summed E-state index contributed by atoms with van der Waals surface area (Å²) in [6.07, 6.45) is 2.25. The molecule has 2 rings (SSSR count). The molecule has 19 heavy (non-hydrogen) atoms. The fourth-order valence-corrected chi connectivity index (χ4v) is 2.07. The number of hydrogen-bond acceptors (Lipinski definition) is 4. The Morgan fingerprint density at radius 3 is 2.79 bits per heavy atom. The van der Waals surface area contributed by atoms with E-state index in [1.54, 1.807) is 6.07 Å². The highest BCUT2D eigenvalue weighted by atomic mass is 35.5. The summed E-state index contributed by atoms with van der Waals surface area (Å²) in [5, 5.41) is 3.23. The number of carbonyl (C=O) groups excluding carboxylic acids is 1. The van der Waals surface area contributed by atoms with E-state index in [-0.39, 0.29) is 5.91 Å². The molecule has 104 valence electrons. The van der Waals surface area contributed by atoms with Crippen LogP contribution in [0.1, 0.15) is 38.4 Å². The zero-order valence-corrected chi connectivity index (χ0v) is 12.1. The van der Waals surface area contributed by atoms with Crippen molar-refractivity contribution in [1.82, 2.24) is 15.3 Å². The summed E-state index contributed by atoms with van der Waals surface area (Å²) in [6.45, 7) is 5.53. The SMILES string of the molecule is CCNC(=O)CN(CC)c1cc(Cl)nc(C2CC2)n1. The molecule has 0 saturated heterocycles. The van der Waals surface area contributed by atoms with Gasteiger partial charge in [0.2, 0.25) is 5.91 Å². The van der Waals surface area contributed by atoms with Gasteiger partial charge in [0.1, 0.15) is 16.8 Å². The number of halogens is 1. The summed E-state index contributed by atoms with van der Waals surface area (Å²) in [4.78, 5) is 22.4. The topological polar surface area (TPSA) is 58.1 Å². The number of anilines is 1. The Kier molecular flexibility index (Phi) is 4.58. The molecule has 0 aromatic carbocycles. The Morgan fingerprint density at radius 2 is 2.21 bits per heavy atom. The Morgan fingerprint density at radius 1 is 1.47 bits per heavy atom. The smallest absolute Gasteiger partial charge is 0.239 e. The summed E-state index contributed by atoms with van der Waals surface area (Å²) >= 11 is 6.04. The van der Waals surface area contributed by atoms with Crippen molar-refractivity contribution in [3.63, 3.8) is 0 Å². The molecule has 1 aromatic rings. The molecule has 1 aliphatic carbocycles. The van der Waals surface area contributed by atoms with Gasteiger partial charge in [0.05, 0.1) is 6.54 Å². The highest BCUT2D eigenvalue weighted by molar-refractivity contribution is 6.29. The molecule has 1 N–H and O–H groups in total. The Bertz CT molecular complexity index is 462. The van der Waals surface area contributed by atoms with Gasteiger partial charge in [0, 0.05) is 25.1 Å². The summed E-state index contributed by atoms with van der Waals surface area (Å²) in [7, 11) is 0. The second kappa shape index (κ2) is 6.19. The first-order chi connectivity index (χ1) is 9.13. The summed E-state index contributed by atoms with van der Waals surface area (Å²) < 4.78 is 0. The monoisotopic (exact) mass is 282 g/mol. The molecular weight excluding hydrogens is 264 g/mol. The van der Waals surface area contributed by atoms with E-state index in [4.69, 9.17) is 11.6 Å². The first kappa shape index (κ1) is 14.1. The highest BCUT2D eigenvalue weighted by Crippen LogP contribution is 2.39. The zero-order chi connectivity index (χ0) is 13.8. The van der Waals surface area contributed by atoms with Crippen LogP contribution in [-0.4, -0.2) is 35.5 Å². The zero-order valence-electron chi connectivity index (χ0n) is 11.3. The van der Waals surface area contributed by atoms with E-state index >= 15 is 0 Å². The van der Waals surface area contributed by atoms with E-state index in [0.717, 1.165) is 24.5 Å². The predicted molar refractivity (Wildman–Crippen MR) is 75.6 cm³/mol. The molecule has 0 atom stereocenters. The van der Waals surface area contributed by atoms with Gasteiger partial charge in [-0.25, -0.2) is 9.97 Å². The van der Waals surface area contributed by atoms with Gasteiger partial charge in [0.15, 0.2) is 0 Å². The van der Waals surface area contributed by atoms with Crippen molar-refractivity contribution in [3.8, 4) is 0 Å². The van der Waals surface area contributed by atoms with Gasteiger partial charge in [-0.05, 0) is 26.7 Å². The minimum absolute atomic E-state index is 0.00735. The fraction of sp³-hybridized carbons (Fsp3) is 0.615. The van der Waals surface area contributed by atoms with E-state index in [1.807, 2.05) is 18.7 Å². The van der Waals surface area contributed by atoms with Crippen molar-refractivity contribution in [2.24, 2.45) is 0 Å². The summed E-state index contributed by atoms with van der Waals surface area (Å²) in [6, 6.07) is 1.72. The molecule has 6 heteroatoms. The van der Waals surface area contributed by atoms with Gasteiger partial charge in [-0.1, -0.05) is 11.6 Å². The number of nitrogens with zero attached hydrogens (tertiary/aromatic N) is 3. The van der Waals surface area contributed by atoms with Crippen LogP contribution in [0, 0.1) is 0 Å². The molecule has 0 aliphatic heterocycles. The van der Waals surface area contributed by atoms with Crippen LogP contribution in [0.25, 0.3) is 0 Å². The Balaban J connectivity index is 2.15. The number of hydrogen-bond donors (Lipinski definition) is 1. The van der Waals surface area contributed by atoms with Crippen LogP contribution in [0.4, 0.5) is 5.82 Å². The third-order valence-corrected chi connectivity index (χ3v) is 3.25. The number of rotatable bonds is 6. The molecule has 1 heterocycles. The maximum atomic E-state index is 11.7. The van der Waals surface area contributed by atoms with Crippen molar-refractivity contribution in [2.45, 2.75) is 32.6 Å². The molecule has 0 unspecified atom stereocenters. The quantitative estimate of drug-likeness (QED) is 0.811. The Hall–Kier alpha value is -1.36. The van der Waals surface area contributed by atoms with E-state index in [9.17, 15) is 4.79 Å². The standard InChI is InChI=1S/C13H19ClN4O/c1-3-15-12(19)8-18(4-2)11-7-10(14)16-13(17-11)9-5-6-9/h7,9H,3-6,8H2,1-2H3,(H,15,19). The first-order valence-corrected chi connectivity index (χ1v) is 7.08. The minimum atomic E-state index is -0.00735. The molecule has 1 aromatic heterocycles. The lowest BCUT2D eigenvalue weighted by Gasteiger charge is -2.21. The van der Waals surface area contributed by atoms with Crippen LogP contribution in [0.5, 0.6) is 0 Å². The minimum Gasteiger partial charge on any atom is -0.355 e. The van der Waals surface area contributed by atoms with Crippen LogP contribution in [-0.2, 0) is 4.79 Å². The molecule has 1 saturated carbocycles. The normalized spacial score (nSPS) is 14.3. The van der Waals surface area contributed by atoms with Crippen LogP contribution < -0.4 is 10.2 Å². The number of aromatic nitrogens is 2. The lowest BCUT2D eigenvalue weighted by atomic mass is 10.3. The van der Waals surface area contributed by atoms with Crippen molar-refractivity contribution in [1.29, 1.82) is 0 Å². The summed E-state index contributed by atoms with van der Waals surface area (Å²) in [5.74, 6) is 1.97. The second-order valence-electron chi connectivity index (χ2n) is 4.65. The van der Waals surface area contributed by atoms with E-state index in [0.29, 0.717) is 30.7 Å². The van der Waals surface area contributed by atoms with Crippen LogP contribution in [0.3, 0.4) is 0 Å². The lowest BCUT2D eigenvalue weighted by Crippen LogP contribution is -2.37. The molecule has 1 aliphatic rings. The van der Waals surface area contributed by atoms with Crippen molar-refractivity contribution in [3.05, 3.63) is 17.0 Å². The average molecular weight is 283 g/mol. The highest BCUT2D eigenvalue weighted by Gasteiger charge is 2.27. The van der Waals surface area contributed by atoms with Gasteiger partial charge < -0.3 is 10.2 Å². The van der Waals surface area contributed by atoms with Gasteiger partial charge in [-0.2, -0.15) is 0 Å². The molecule has 0 bridgehead atoms. The van der Waals surface area contributed by atoms with Gasteiger partial charge >= 0.3 is 0 Å². The van der Waals surface area contributed by atoms with E-state index < -0.39 is 0 Å². The molecule has 5 nitrogen and oxygen atoms in total. The average Bonchev–Trinajstić information content (AvgIpc) is 3.19. The Labute approximate surface area is 118 Å². The van der Waals surface area contributed by atoms with Crippen molar-refractivity contribution >= 4 is 23.3 Å². The summed E-state index contributed by atoms with van der Waals surface area (Å²) in [5.41, 5.74) is 0. The number of nitrogens with one attached hydrogen (secondary N) is 1. The van der Waals surface area contributed by atoms with Crippen molar-refractivity contribution < 1.29 is 4.79 Å². The maximum Gasteiger partial charge on any atom is 0.239 e. The number of amides is 1. The molecule has 1 amide bonds. The van der Waals surface area contributed by atoms with Crippen LogP contribution >= 0.6 is 11.6 Å². The number of likely N-dealkylation sites (N-methyl/N-ethyl adjacent to an activating group) is 2. The van der Waals surface area contributed by atoms with Crippen LogP contribution in [0.2, 0.25) is 5.15 Å². The van der Waals surface area contributed by atoms with Gasteiger partial charge in [0.25, 0.3) is 0 Å². The fourth-order valence-electron chi connectivity index (χ4n) is 1.89. The van der Waals surface area contributed by atoms with E-state index in [1.165, 1.54) is 0 Å². The largest absolute Gasteiger partial charge is 0.355 e.